The van der Waals surface area contributed by atoms with Crippen LogP contribution < -0.4 is 50.8 Å². The summed E-state index contributed by atoms with van der Waals surface area (Å²) in [4.78, 5) is 46.8. The van der Waals surface area contributed by atoms with Crippen molar-refractivity contribution in [2.24, 2.45) is 0 Å². The first-order valence-corrected chi connectivity index (χ1v) is 26.1. The van der Waals surface area contributed by atoms with Crippen LogP contribution in [0.25, 0.3) is 11.1 Å². The predicted octanol–water partition coefficient (Wildman–Crippen LogP) is 8.27. The highest BCUT2D eigenvalue weighted by Crippen LogP contribution is 2.54. The predicted molar refractivity (Wildman–Crippen MR) is 283 cm³/mol. The molecular weight excluding hydrogens is 983 g/mol. The van der Waals surface area contributed by atoms with Crippen LogP contribution in [-0.2, 0) is 28.2 Å². The van der Waals surface area contributed by atoms with Crippen molar-refractivity contribution in [1.29, 1.82) is 0 Å². The number of hydrogen-bond acceptors (Lipinski definition) is 12. The Labute approximate surface area is 427 Å². The quantitative estimate of drug-likeness (QED) is 0.0615. The van der Waals surface area contributed by atoms with Crippen molar-refractivity contribution in [3.8, 4) is 34.1 Å². The van der Waals surface area contributed by atoms with E-state index in [1.165, 1.54) is 48.5 Å². The minimum atomic E-state index is -3.66. The zero-order valence-corrected chi connectivity index (χ0v) is 42.3. The minimum Gasteiger partial charge on any atom is -0.497 e. The van der Waals surface area contributed by atoms with Crippen molar-refractivity contribution in [1.82, 2.24) is 0 Å². The van der Waals surface area contributed by atoms with Crippen LogP contribution in [0.2, 0.25) is 0 Å². The Hall–Kier alpha value is -8.70. The van der Waals surface area contributed by atoms with Crippen molar-refractivity contribution in [3.05, 3.63) is 217 Å². The van der Waals surface area contributed by atoms with Crippen molar-refractivity contribution >= 4 is 70.0 Å². The van der Waals surface area contributed by atoms with E-state index in [0.717, 1.165) is 0 Å². The molecular formula is C58H50O14P2. The van der Waals surface area contributed by atoms with Gasteiger partial charge in [0.25, 0.3) is 0 Å². The number of ether oxygens (including phenoxy) is 6. The molecule has 0 aromatic heterocycles. The first kappa shape index (κ1) is 53.1. The van der Waals surface area contributed by atoms with Gasteiger partial charge in [0.15, 0.2) is 14.3 Å². The smallest absolute Gasteiger partial charge is 0.349 e. The summed E-state index contributed by atoms with van der Waals surface area (Å²) in [5.41, 5.74) is 1.02. The second kappa shape index (κ2) is 24.1. The van der Waals surface area contributed by atoms with Crippen LogP contribution in [0.5, 0.6) is 23.0 Å². The lowest BCUT2D eigenvalue weighted by Gasteiger charge is -2.29. The summed E-state index contributed by atoms with van der Waals surface area (Å²) in [5.74, 6) is -3.95. The average molecular weight is 1030 g/mol. The zero-order valence-electron chi connectivity index (χ0n) is 40.5. The van der Waals surface area contributed by atoms with Gasteiger partial charge >= 0.3 is 23.9 Å². The lowest BCUT2D eigenvalue weighted by molar-refractivity contribution is -0.166. The van der Waals surface area contributed by atoms with Gasteiger partial charge in [0.2, 0.25) is 12.2 Å². The topological polar surface area (TPSA) is 198 Å². The molecule has 0 saturated heterocycles. The van der Waals surface area contributed by atoms with Crippen molar-refractivity contribution in [2.75, 3.05) is 28.4 Å². The van der Waals surface area contributed by atoms with Crippen LogP contribution in [0.4, 0.5) is 0 Å². The Bertz CT molecular complexity index is 3010. The van der Waals surface area contributed by atoms with E-state index < -0.39 is 50.4 Å². The number of carboxylic acid groups (broad SMARTS) is 2. The number of esters is 2. The highest BCUT2D eigenvalue weighted by Gasteiger charge is 2.42. The summed E-state index contributed by atoms with van der Waals surface area (Å²) < 4.78 is 65.5. The summed E-state index contributed by atoms with van der Waals surface area (Å²) in [6.07, 6.45) is -4.43. The number of aliphatic carboxylic acids is 2. The van der Waals surface area contributed by atoms with Crippen LogP contribution in [0, 0.1) is 0 Å². The number of hydrogen-bond donors (Lipinski definition) is 2. The molecule has 0 radical (unpaired) electrons. The fraction of sp³-hybridized carbons (Fsp3) is 0.103. The highest BCUT2D eigenvalue weighted by molar-refractivity contribution is 7.86. The number of carbonyl (C=O) groups is 4. The summed E-state index contributed by atoms with van der Waals surface area (Å²) in [5, 5.41) is 21.9. The number of carboxylic acids is 2. The molecule has 16 heteroatoms. The van der Waals surface area contributed by atoms with Gasteiger partial charge in [-0.15, -0.1) is 0 Å². The lowest BCUT2D eigenvalue weighted by atomic mass is 10.0. The van der Waals surface area contributed by atoms with Gasteiger partial charge in [-0.3, -0.25) is 0 Å². The Balaban J connectivity index is 0.000000260. The Morgan fingerprint density at radius 2 is 0.635 bits per heavy atom. The molecule has 0 amide bonds. The van der Waals surface area contributed by atoms with Gasteiger partial charge in [0.1, 0.15) is 23.0 Å². The van der Waals surface area contributed by atoms with E-state index in [1.807, 2.05) is 121 Å². The largest absolute Gasteiger partial charge is 0.497 e. The maximum Gasteiger partial charge on any atom is 0.349 e. The molecule has 2 N–H and O–H groups in total. The van der Waals surface area contributed by atoms with E-state index in [0.29, 0.717) is 66.0 Å². The number of rotatable bonds is 18. The second-order valence-electron chi connectivity index (χ2n) is 16.1. The number of carbonyl (C=O) groups excluding carboxylic acids is 2. The summed E-state index contributed by atoms with van der Waals surface area (Å²) in [6, 6.07) is 59.5. The van der Waals surface area contributed by atoms with Crippen molar-refractivity contribution < 1.29 is 66.9 Å². The van der Waals surface area contributed by atoms with Crippen LogP contribution in [0.3, 0.4) is 0 Å². The van der Waals surface area contributed by atoms with E-state index in [-0.39, 0.29) is 11.1 Å². The van der Waals surface area contributed by atoms with Gasteiger partial charge in [0.05, 0.1) is 39.6 Å². The minimum absolute atomic E-state index is 0.0253. The molecule has 0 fully saturated rings. The molecule has 8 rings (SSSR count). The average Bonchev–Trinajstić information content (AvgIpc) is 3.47. The molecule has 376 valence electrons. The van der Waals surface area contributed by atoms with Gasteiger partial charge < -0.3 is 47.8 Å². The van der Waals surface area contributed by atoms with Crippen LogP contribution in [0.15, 0.2) is 206 Å². The van der Waals surface area contributed by atoms with Gasteiger partial charge in [-0.1, -0.05) is 158 Å². The molecule has 0 bridgehead atoms. The van der Waals surface area contributed by atoms with Gasteiger partial charge in [-0.25, -0.2) is 19.2 Å². The summed E-state index contributed by atoms with van der Waals surface area (Å²) in [7, 11) is -1.08. The first-order chi connectivity index (χ1) is 35.8. The molecule has 0 unspecified atom stereocenters. The molecule has 14 nitrogen and oxygen atoms in total. The number of benzene rings is 8. The standard InChI is InChI=1S/C40H36O6P2.C18H14O8/c1-43-29-25-35(45-3)39(37(27-29)47(41,31-17-9-5-10-18-31)32-19-11-6-12-20-32)40-36(46-4)26-30(44-2)28-38(40)48(42,33-21-13-7-14-22-33)34-23-15-8-16-24-34;19-15(20)13(25-17(23)11-7-3-1-4-8-11)14(16(21)22)26-18(24)12-9-5-2-6-10-12/h5-28H,1-4H3;1-10,13-14H,(H,19,20)(H,21,22)/t;13-,14-/m.1/s1. The third-order valence-electron chi connectivity index (χ3n) is 11.7. The molecule has 74 heavy (non-hydrogen) atoms. The second-order valence-corrected chi connectivity index (χ2v) is 21.5. The molecule has 0 heterocycles. The monoisotopic (exact) mass is 1030 g/mol. The van der Waals surface area contributed by atoms with Crippen molar-refractivity contribution in [2.45, 2.75) is 12.2 Å². The molecule has 0 aliphatic heterocycles. The van der Waals surface area contributed by atoms with Gasteiger partial charge in [-0.2, -0.15) is 0 Å². The first-order valence-electron chi connectivity index (χ1n) is 22.7. The molecule has 8 aromatic rings. The fourth-order valence-electron chi connectivity index (χ4n) is 8.11. The molecule has 0 aliphatic carbocycles. The van der Waals surface area contributed by atoms with Crippen molar-refractivity contribution in [3.63, 3.8) is 0 Å². The van der Waals surface area contributed by atoms with Crippen LogP contribution in [-0.4, -0.2) is 74.7 Å². The van der Waals surface area contributed by atoms with Gasteiger partial charge in [0, 0.05) is 55.1 Å². The Morgan fingerprint density at radius 1 is 0.378 bits per heavy atom. The Kier molecular flexibility index (Phi) is 17.3. The zero-order chi connectivity index (χ0) is 52.8. The van der Waals surface area contributed by atoms with Gasteiger partial charge in [-0.05, 0) is 36.4 Å². The van der Waals surface area contributed by atoms with E-state index >= 15 is 9.13 Å². The Morgan fingerprint density at radius 3 is 0.865 bits per heavy atom. The summed E-state index contributed by atoms with van der Waals surface area (Å²) in [6.45, 7) is 0. The third kappa shape index (κ3) is 11.3. The molecule has 2 atom stereocenters. The van der Waals surface area contributed by atoms with Crippen LogP contribution in [0.1, 0.15) is 20.7 Å². The van der Waals surface area contributed by atoms with E-state index in [1.54, 1.807) is 64.8 Å². The molecule has 0 aliphatic rings. The summed E-state index contributed by atoms with van der Waals surface area (Å²) >= 11 is 0. The molecule has 0 spiro atoms. The number of methoxy groups -OCH3 is 4. The maximum atomic E-state index is 16.1. The molecule has 0 saturated carbocycles. The SMILES string of the molecule is COc1cc(OC)c(-c2c(OC)cc(OC)cc2P(=O)(c2ccccc2)c2ccccc2)c(P(=O)(c2ccccc2)c2ccccc2)c1.O=C(O[C@@H](C(=O)O)[C@@H](OC(=O)c1ccccc1)C(=O)O)c1ccccc1. The maximum absolute atomic E-state index is 16.1. The highest BCUT2D eigenvalue weighted by atomic mass is 31.2. The van der Waals surface area contributed by atoms with E-state index in [4.69, 9.17) is 28.4 Å². The van der Waals surface area contributed by atoms with Crippen LogP contribution >= 0.6 is 14.3 Å². The van der Waals surface area contributed by atoms with E-state index in [2.05, 4.69) is 0 Å². The third-order valence-corrected chi connectivity index (χ3v) is 17.8. The lowest BCUT2D eigenvalue weighted by Crippen LogP contribution is -2.45. The normalized spacial score (nSPS) is 11.8. The van der Waals surface area contributed by atoms with E-state index in [9.17, 15) is 29.4 Å². The molecule has 8 aromatic carbocycles. The fourth-order valence-corrected chi connectivity index (χ4v) is 13.9.